The normalized spacial score (nSPS) is 13.0. The minimum atomic E-state index is 0.357. The molecule has 3 heteroatoms. The molecule has 0 saturated carbocycles. The fourth-order valence-electron chi connectivity index (χ4n) is 1.56. The summed E-state index contributed by atoms with van der Waals surface area (Å²) < 4.78 is 6.66. The number of benzene rings is 1. The van der Waals surface area contributed by atoms with Crippen molar-refractivity contribution in [1.82, 2.24) is 5.32 Å². The molecule has 0 bridgehead atoms. The summed E-state index contributed by atoms with van der Waals surface area (Å²) in [6, 6.07) is 8.74. The van der Waals surface area contributed by atoms with E-state index in [4.69, 9.17) is 4.74 Å². The van der Waals surface area contributed by atoms with E-state index >= 15 is 0 Å². The van der Waals surface area contributed by atoms with Gasteiger partial charge in [-0.15, -0.1) is 0 Å². The summed E-state index contributed by atoms with van der Waals surface area (Å²) in [6.45, 7) is 9.00. The fraction of sp³-hybridized carbons (Fsp3) is 0.571. The van der Waals surface area contributed by atoms with Crippen LogP contribution < -0.4 is 5.32 Å². The van der Waals surface area contributed by atoms with Gasteiger partial charge in [0.25, 0.3) is 0 Å². The SMILES string of the molecule is CC(C)COCCN[C@H](C)c1cccc(Br)c1. The maximum atomic E-state index is 5.53. The number of rotatable bonds is 7. The minimum Gasteiger partial charge on any atom is -0.380 e. The highest BCUT2D eigenvalue weighted by Gasteiger charge is 2.04. The van der Waals surface area contributed by atoms with Crippen molar-refractivity contribution in [2.75, 3.05) is 19.8 Å². The van der Waals surface area contributed by atoms with Crippen molar-refractivity contribution in [3.8, 4) is 0 Å². The van der Waals surface area contributed by atoms with Gasteiger partial charge in [-0.25, -0.2) is 0 Å². The molecule has 1 rings (SSSR count). The number of ether oxygens (including phenoxy) is 1. The molecule has 0 aliphatic rings. The van der Waals surface area contributed by atoms with Crippen molar-refractivity contribution in [3.05, 3.63) is 34.3 Å². The molecule has 0 saturated heterocycles. The van der Waals surface area contributed by atoms with Crippen molar-refractivity contribution in [2.24, 2.45) is 5.92 Å². The predicted octanol–water partition coefficient (Wildman–Crippen LogP) is 3.77. The van der Waals surface area contributed by atoms with Crippen LogP contribution in [0.1, 0.15) is 32.4 Å². The molecule has 96 valence electrons. The Labute approximate surface area is 113 Å². The lowest BCUT2D eigenvalue weighted by atomic mass is 10.1. The van der Waals surface area contributed by atoms with Crippen molar-refractivity contribution < 1.29 is 4.74 Å². The molecule has 0 unspecified atom stereocenters. The summed E-state index contributed by atoms with van der Waals surface area (Å²) >= 11 is 3.49. The van der Waals surface area contributed by atoms with Gasteiger partial charge in [-0.2, -0.15) is 0 Å². The quantitative estimate of drug-likeness (QED) is 0.774. The van der Waals surface area contributed by atoms with E-state index in [1.54, 1.807) is 0 Å². The second kappa shape index (κ2) is 7.85. The molecule has 0 radical (unpaired) electrons. The van der Waals surface area contributed by atoms with Crippen LogP contribution in [0.4, 0.5) is 0 Å². The second-order valence-corrected chi connectivity index (χ2v) is 5.62. The number of hydrogen-bond donors (Lipinski definition) is 1. The molecule has 1 N–H and O–H groups in total. The first-order chi connectivity index (χ1) is 8.09. The Morgan fingerprint density at radius 1 is 1.29 bits per heavy atom. The lowest BCUT2D eigenvalue weighted by Gasteiger charge is -2.15. The molecule has 1 aromatic carbocycles. The molecule has 0 aliphatic carbocycles. The Kier molecular flexibility index (Phi) is 6.78. The predicted molar refractivity (Wildman–Crippen MR) is 76.2 cm³/mol. The topological polar surface area (TPSA) is 21.3 Å². The van der Waals surface area contributed by atoms with Crippen LogP contribution in [0, 0.1) is 5.92 Å². The Morgan fingerprint density at radius 3 is 2.71 bits per heavy atom. The minimum absolute atomic E-state index is 0.357. The van der Waals surface area contributed by atoms with E-state index in [1.165, 1.54) is 5.56 Å². The largest absolute Gasteiger partial charge is 0.380 e. The van der Waals surface area contributed by atoms with Gasteiger partial charge in [-0.05, 0) is 30.5 Å². The molecular weight excluding hydrogens is 278 g/mol. The molecule has 0 aromatic heterocycles. The average Bonchev–Trinajstić information content (AvgIpc) is 2.28. The summed E-state index contributed by atoms with van der Waals surface area (Å²) in [5.74, 6) is 0.609. The zero-order valence-electron chi connectivity index (χ0n) is 10.9. The Bertz CT molecular complexity index is 328. The first-order valence-corrected chi connectivity index (χ1v) is 6.95. The first kappa shape index (κ1) is 14.7. The van der Waals surface area contributed by atoms with Crippen molar-refractivity contribution in [1.29, 1.82) is 0 Å². The van der Waals surface area contributed by atoms with E-state index < -0.39 is 0 Å². The van der Waals surface area contributed by atoms with E-state index in [0.717, 1.165) is 24.2 Å². The van der Waals surface area contributed by atoms with Gasteiger partial charge >= 0.3 is 0 Å². The zero-order valence-corrected chi connectivity index (χ0v) is 12.5. The summed E-state index contributed by atoms with van der Waals surface area (Å²) in [5.41, 5.74) is 1.29. The zero-order chi connectivity index (χ0) is 12.7. The van der Waals surface area contributed by atoms with Gasteiger partial charge in [0.05, 0.1) is 6.61 Å². The number of hydrogen-bond acceptors (Lipinski definition) is 2. The summed E-state index contributed by atoms with van der Waals surface area (Å²) in [7, 11) is 0. The van der Waals surface area contributed by atoms with Crippen LogP contribution in [-0.4, -0.2) is 19.8 Å². The first-order valence-electron chi connectivity index (χ1n) is 6.16. The Morgan fingerprint density at radius 2 is 2.06 bits per heavy atom. The highest BCUT2D eigenvalue weighted by atomic mass is 79.9. The van der Waals surface area contributed by atoms with Crippen LogP contribution >= 0.6 is 15.9 Å². The average molecular weight is 300 g/mol. The molecular formula is C14H22BrNO. The van der Waals surface area contributed by atoms with Crippen LogP contribution in [0.2, 0.25) is 0 Å². The van der Waals surface area contributed by atoms with Crippen molar-refractivity contribution >= 4 is 15.9 Å². The van der Waals surface area contributed by atoms with Gasteiger partial charge in [-0.1, -0.05) is 41.9 Å². The van der Waals surface area contributed by atoms with Crippen LogP contribution in [0.25, 0.3) is 0 Å². The molecule has 0 spiro atoms. The third kappa shape index (κ3) is 6.20. The summed E-state index contributed by atoms with van der Waals surface area (Å²) in [5, 5.41) is 3.45. The van der Waals surface area contributed by atoms with E-state index in [-0.39, 0.29) is 0 Å². The fourth-order valence-corrected chi connectivity index (χ4v) is 1.98. The Hall–Kier alpha value is -0.380. The summed E-state index contributed by atoms with van der Waals surface area (Å²) in [6.07, 6.45) is 0. The van der Waals surface area contributed by atoms with Gasteiger partial charge in [0.1, 0.15) is 0 Å². The second-order valence-electron chi connectivity index (χ2n) is 4.70. The maximum absolute atomic E-state index is 5.53. The maximum Gasteiger partial charge on any atom is 0.0591 e. The molecule has 1 atom stereocenters. The summed E-state index contributed by atoms with van der Waals surface area (Å²) in [4.78, 5) is 0. The third-order valence-corrected chi connectivity index (χ3v) is 2.99. The molecule has 17 heavy (non-hydrogen) atoms. The van der Waals surface area contributed by atoms with Gasteiger partial charge in [0, 0.05) is 23.7 Å². The molecule has 1 aromatic rings. The number of halogens is 1. The van der Waals surface area contributed by atoms with Crippen LogP contribution in [0.5, 0.6) is 0 Å². The van der Waals surface area contributed by atoms with E-state index in [1.807, 2.05) is 6.07 Å². The molecule has 0 aliphatic heterocycles. The highest BCUT2D eigenvalue weighted by Crippen LogP contribution is 2.17. The molecule has 0 fully saturated rings. The smallest absolute Gasteiger partial charge is 0.0591 e. The van der Waals surface area contributed by atoms with Crippen LogP contribution in [-0.2, 0) is 4.74 Å². The van der Waals surface area contributed by atoms with Crippen molar-refractivity contribution in [3.63, 3.8) is 0 Å². The monoisotopic (exact) mass is 299 g/mol. The number of nitrogens with one attached hydrogen (secondary N) is 1. The van der Waals surface area contributed by atoms with E-state index in [0.29, 0.717) is 12.0 Å². The third-order valence-electron chi connectivity index (χ3n) is 2.50. The molecule has 0 heterocycles. The molecule has 0 amide bonds. The Balaban J connectivity index is 2.23. The van der Waals surface area contributed by atoms with E-state index in [9.17, 15) is 0 Å². The van der Waals surface area contributed by atoms with Crippen LogP contribution in [0.15, 0.2) is 28.7 Å². The van der Waals surface area contributed by atoms with Gasteiger partial charge in [-0.3, -0.25) is 0 Å². The van der Waals surface area contributed by atoms with Gasteiger partial charge < -0.3 is 10.1 Å². The lowest BCUT2D eigenvalue weighted by Crippen LogP contribution is -2.23. The lowest BCUT2D eigenvalue weighted by molar-refractivity contribution is 0.110. The molecule has 2 nitrogen and oxygen atoms in total. The van der Waals surface area contributed by atoms with Crippen LogP contribution in [0.3, 0.4) is 0 Å². The van der Waals surface area contributed by atoms with Crippen molar-refractivity contribution in [2.45, 2.75) is 26.8 Å². The standard InChI is InChI=1S/C14H22BrNO/c1-11(2)10-17-8-7-16-12(3)13-5-4-6-14(15)9-13/h4-6,9,11-12,16H,7-8,10H2,1-3H3/t12-/m1/s1. The van der Waals surface area contributed by atoms with Gasteiger partial charge in [0.2, 0.25) is 0 Å². The highest BCUT2D eigenvalue weighted by molar-refractivity contribution is 9.10. The van der Waals surface area contributed by atoms with E-state index in [2.05, 4.69) is 60.2 Å². The van der Waals surface area contributed by atoms with Gasteiger partial charge in [0.15, 0.2) is 0 Å².